The van der Waals surface area contributed by atoms with Gasteiger partial charge in [-0.25, -0.2) is 4.98 Å². The molecule has 6 rings (SSSR count). The van der Waals surface area contributed by atoms with Gasteiger partial charge in [0.2, 0.25) is 0 Å². The number of amides is 2. The van der Waals surface area contributed by atoms with Gasteiger partial charge in [0.25, 0.3) is 11.8 Å². The molecule has 40 heavy (non-hydrogen) atoms. The van der Waals surface area contributed by atoms with E-state index in [2.05, 4.69) is 30.2 Å². The fourth-order valence-electron chi connectivity index (χ4n) is 5.30. The first-order chi connectivity index (χ1) is 19.3. The van der Waals surface area contributed by atoms with Crippen LogP contribution in [0.3, 0.4) is 0 Å². The van der Waals surface area contributed by atoms with Crippen molar-refractivity contribution in [3.63, 3.8) is 0 Å². The summed E-state index contributed by atoms with van der Waals surface area (Å²) in [4.78, 5) is 47.5. The summed E-state index contributed by atoms with van der Waals surface area (Å²) in [5, 5.41) is 2.97. The molecule has 206 valence electrons. The highest BCUT2D eigenvalue weighted by Crippen LogP contribution is 2.28. The average molecular weight is 540 g/mol. The van der Waals surface area contributed by atoms with Crippen LogP contribution in [-0.2, 0) is 4.74 Å². The molecule has 2 N–H and O–H groups in total. The van der Waals surface area contributed by atoms with Crippen molar-refractivity contribution in [2.45, 2.75) is 33.7 Å². The van der Waals surface area contributed by atoms with Gasteiger partial charge in [0.1, 0.15) is 11.4 Å². The van der Waals surface area contributed by atoms with E-state index < -0.39 is 0 Å². The van der Waals surface area contributed by atoms with E-state index >= 15 is 0 Å². The number of nitrogens with zero attached hydrogens (tertiary/aromatic N) is 5. The third-order valence-electron chi connectivity index (χ3n) is 8.08. The standard InChI is InChI=1S/C30H33N7O3/c1-17-11-27(30(39)37-9-7-36(8-10-37)22-15-40-16-22)32-14-23(17)21-12-26(20(4)31-13-21)35-29(38)25-6-5-24-28(34-25)18(2)19(3)33-24/h5-6,11-14,22,33H,7-10,15-16H2,1-4H3,(H,35,38). The molecule has 0 saturated carbocycles. The number of aromatic nitrogens is 4. The highest BCUT2D eigenvalue weighted by Gasteiger charge is 2.31. The summed E-state index contributed by atoms with van der Waals surface area (Å²) in [6, 6.07) is 7.80. The predicted octanol–water partition coefficient (Wildman–Crippen LogP) is 3.66. The van der Waals surface area contributed by atoms with Crippen LogP contribution in [0.2, 0.25) is 0 Å². The van der Waals surface area contributed by atoms with Gasteiger partial charge < -0.3 is 19.9 Å². The third-order valence-corrected chi connectivity index (χ3v) is 8.08. The zero-order valence-electron chi connectivity index (χ0n) is 23.2. The summed E-state index contributed by atoms with van der Waals surface area (Å²) < 4.78 is 5.30. The second-order valence-corrected chi connectivity index (χ2v) is 10.7. The van der Waals surface area contributed by atoms with Gasteiger partial charge in [-0.15, -0.1) is 0 Å². The van der Waals surface area contributed by atoms with Gasteiger partial charge in [-0.05, 0) is 63.1 Å². The zero-order valence-corrected chi connectivity index (χ0v) is 23.2. The van der Waals surface area contributed by atoms with Crippen LogP contribution >= 0.6 is 0 Å². The van der Waals surface area contributed by atoms with Crippen LogP contribution in [-0.4, -0.2) is 87.0 Å². The van der Waals surface area contributed by atoms with Crippen molar-refractivity contribution < 1.29 is 14.3 Å². The number of anilines is 1. The van der Waals surface area contributed by atoms with Crippen molar-refractivity contribution in [1.29, 1.82) is 0 Å². The van der Waals surface area contributed by atoms with Gasteiger partial charge in [-0.3, -0.25) is 24.5 Å². The first-order valence-corrected chi connectivity index (χ1v) is 13.6. The number of carbonyl (C=O) groups is 2. The van der Waals surface area contributed by atoms with Gasteiger partial charge in [0.05, 0.1) is 41.7 Å². The number of fused-ring (bicyclic) bond motifs is 1. The molecule has 0 unspecified atom stereocenters. The summed E-state index contributed by atoms with van der Waals surface area (Å²) >= 11 is 0. The lowest BCUT2D eigenvalue weighted by molar-refractivity contribution is -0.0746. The molecule has 2 aliphatic heterocycles. The van der Waals surface area contributed by atoms with Crippen LogP contribution in [0.5, 0.6) is 0 Å². The van der Waals surface area contributed by atoms with Crippen molar-refractivity contribution >= 4 is 28.5 Å². The Morgan fingerprint density at radius 2 is 1.75 bits per heavy atom. The molecule has 0 radical (unpaired) electrons. The maximum atomic E-state index is 13.2. The summed E-state index contributed by atoms with van der Waals surface area (Å²) in [6.07, 6.45) is 3.48. The number of H-pyrrole nitrogens is 1. The molecule has 6 heterocycles. The number of aromatic amines is 1. The van der Waals surface area contributed by atoms with Gasteiger partial charge >= 0.3 is 0 Å². The monoisotopic (exact) mass is 539 g/mol. The Kier molecular flexibility index (Phi) is 6.81. The average Bonchev–Trinajstić information content (AvgIpc) is 3.21. The molecular weight excluding hydrogens is 506 g/mol. The minimum Gasteiger partial charge on any atom is -0.378 e. The third kappa shape index (κ3) is 4.84. The predicted molar refractivity (Wildman–Crippen MR) is 153 cm³/mol. The van der Waals surface area contributed by atoms with E-state index in [-0.39, 0.29) is 11.8 Å². The van der Waals surface area contributed by atoms with Gasteiger partial charge in [0, 0.05) is 55.4 Å². The lowest BCUT2D eigenvalue weighted by Gasteiger charge is -2.42. The highest BCUT2D eigenvalue weighted by atomic mass is 16.5. The Labute approximate surface area is 232 Å². The maximum Gasteiger partial charge on any atom is 0.274 e. The van der Waals surface area contributed by atoms with Crippen LogP contribution in [0.25, 0.3) is 22.2 Å². The largest absolute Gasteiger partial charge is 0.378 e. The SMILES string of the molecule is Cc1cc(C(=O)N2CCN(C3COC3)CC2)ncc1-c1cnc(C)c(NC(=O)c2ccc3[nH]c(C)c(C)c3n2)c1. The topological polar surface area (TPSA) is 116 Å². The van der Waals surface area contributed by atoms with E-state index in [0.29, 0.717) is 41.9 Å². The Morgan fingerprint density at radius 3 is 2.45 bits per heavy atom. The van der Waals surface area contributed by atoms with Crippen molar-refractivity contribution in [3.05, 3.63) is 70.6 Å². The van der Waals surface area contributed by atoms with Crippen LogP contribution in [0.4, 0.5) is 5.69 Å². The number of rotatable bonds is 5. The number of ether oxygens (including phenoxy) is 1. The molecule has 10 nitrogen and oxygen atoms in total. The van der Waals surface area contributed by atoms with Crippen molar-refractivity contribution in [2.24, 2.45) is 0 Å². The first kappa shape index (κ1) is 26.1. The molecule has 2 amide bonds. The molecule has 10 heteroatoms. The molecule has 0 aromatic carbocycles. The molecule has 0 bridgehead atoms. The Morgan fingerprint density at radius 1 is 0.975 bits per heavy atom. The smallest absolute Gasteiger partial charge is 0.274 e. The normalized spacial score (nSPS) is 16.2. The van der Waals surface area contributed by atoms with Crippen molar-refractivity contribution in [3.8, 4) is 11.1 Å². The fourth-order valence-corrected chi connectivity index (χ4v) is 5.30. The quantitative estimate of drug-likeness (QED) is 0.398. The van der Waals surface area contributed by atoms with E-state index in [0.717, 1.165) is 65.3 Å². The Bertz CT molecular complexity index is 1620. The molecule has 2 fully saturated rings. The molecular formula is C30H33N7O3. The maximum absolute atomic E-state index is 13.2. The fraction of sp³-hybridized carbons (Fsp3) is 0.367. The second kappa shape index (κ2) is 10.4. The van der Waals surface area contributed by atoms with Crippen LogP contribution in [0.15, 0.2) is 36.7 Å². The van der Waals surface area contributed by atoms with E-state index in [1.807, 2.05) is 50.8 Å². The molecule has 4 aromatic rings. The van der Waals surface area contributed by atoms with E-state index in [4.69, 9.17) is 4.74 Å². The van der Waals surface area contributed by atoms with E-state index in [1.54, 1.807) is 18.5 Å². The summed E-state index contributed by atoms with van der Waals surface area (Å²) in [6.45, 7) is 12.4. The number of nitrogens with one attached hydrogen (secondary N) is 2. The molecule has 0 aliphatic carbocycles. The Hall–Kier alpha value is -4.15. The minimum atomic E-state index is -0.303. The van der Waals surface area contributed by atoms with Crippen molar-refractivity contribution in [1.82, 2.24) is 29.7 Å². The lowest BCUT2D eigenvalue weighted by Crippen LogP contribution is -2.57. The van der Waals surface area contributed by atoms with Gasteiger partial charge in [0.15, 0.2) is 0 Å². The van der Waals surface area contributed by atoms with Crippen LogP contribution < -0.4 is 5.32 Å². The number of hydrogen-bond acceptors (Lipinski definition) is 7. The summed E-state index contributed by atoms with van der Waals surface area (Å²) in [7, 11) is 0. The first-order valence-electron chi connectivity index (χ1n) is 13.6. The number of aryl methyl sites for hydroxylation is 4. The molecule has 0 atom stereocenters. The van der Waals surface area contributed by atoms with Gasteiger partial charge in [-0.1, -0.05) is 0 Å². The summed E-state index contributed by atoms with van der Waals surface area (Å²) in [5.41, 5.74) is 8.40. The van der Waals surface area contributed by atoms with E-state index in [1.165, 1.54) is 0 Å². The Balaban J connectivity index is 1.18. The van der Waals surface area contributed by atoms with Crippen molar-refractivity contribution in [2.75, 3.05) is 44.7 Å². The number of hydrogen-bond donors (Lipinski definition) is 2. The number of carbonyl (C=O) groups excluding carboxylic acids is 2. The zero-order chi connectivity index (χ0) is 28.0. The van der Waals surface area contributed by atoms with Gasteiger partial charge in [-0.2, -0.15) is 0 Å². The molecule has 2 aliphatic rings. The number of pyridine rings is 3. The van der Waals surface area contributed by atoms with Crippen LogP contribution in [0, 0.1) is 27.7 Å². The van der Waals surface area contributed by atoms with E-state index in [9.17, 15) is 9.59 Å². The molecule has 4 aromatic heterocycles. The lowest BCUT2D eigenvalue weighted by atomic mass is 10.0. The minimum absolute atomic E-state index is 0.0496. The molecule has 2 saturated heterocycles. The van der Waals surface area contributed by atoms with Crippen LogP contribution in [0.1, 0.15) is 43.5 Å². The highest BCUT2D eigenvalue weighted by molar-refractivity contribution is 6.04. The second-order valence-electron chi connectivity index (χ2n) is 10.7. The summed E-state index contributed by atoms with van der Waals surface area (Å²) in [5.74, 6) is -0.352. The molecule has 0 spiro atoms. The number of piperazine rings is 1.